The number of pyridine rings is 1. The quantitative estimate of drug-likeness (QED) is 0.727. The van der Waals surface area contributed by atoms with Gasteiger partial charge in [-0.25, -0.2) is 4.98 Å². The van der Waals surface area contributed by atoms with Gasteiger partial charge in [-0.2, -0.15) is 0 Å². The van der Waals surface area contributed by atoms with Gasteiger partial charge >= 0.3 is 0 Å². The van der Waals surface area contributed by atoms with Crippen LogP contribution in [0.3, 0.4) is 0 Å². The van der Waals surface area contributed by atoms with E-state index in [1.54, 1.807) is 18.6 Å². The fourth-order valence-corrected chi connectivity index (χ4v) is 1.84. The molecule has 0 atom stereocenters. The minimum Gasteiger partial charge on any atom is -0.396 e. The molecule has 0 aliphatic rings. The van der Waals surface area contributed by atoms with Crippen molar-refractivity contribution in [1.82, 2.24) is 15.0 Å². The summed E-state index contributed by atoms with van der Waals surface area (Å²) in [5, 5.41) is 0.691. The zero-order chi connectivity index (χ0) is 12.5. The molecule has 0 fully saturated rings. The number of benzene rings is 1. The molecule has 0 unspecified atom stereocenters. The van der Waals surface area contributed by atoms with E-state index in [0.29, 0.717) is 21.7 Å². The summed E-state index contributed by atoms with van der Waals surface area (Å²) >= 11 is 5.86. The molecule has 2 aromatic heterocycles. The van der Waals surface area contributed by atoms with Crippen molar-refractivity contribution in [3.8, 4) is 11.3 Å². The lowest BCUT2D eigenvalue weighted by molar-refractivity contribution is 1.25. The van der Waals surface area contributed by atoms with Gasteiger partial charge in [-0.1, -0.05) is 23.7 Å². The molecule has 0 saturated carbocycles. The molecule has 2 N–H and O–H groups in total. The minimum absolute atomic E-state index is 0.524. The van der Waals surface area contributed by atoms with Crippen molar-refractivity contribution in [3.05, 3.63) is 47.9 Å². The van der Waals surface area contributed by atoms with Crippen LogP contribution in [0.4, 0.5) is 5.69 Å². The molecule has 5 heteroatoms. The maximum atomic E-state index is 5.86. The standard InChI is InChI=1S/C13H9ClN4/c14-9-3-1-8(2-4-9)11-7-17-12-6-16-5-10(15)13(12)18-11/h1-7H,15H2. The van der Waals surface area contributed by atoms with Crippen molar-refractivity contribution in [2.24, 2.45) is 0 Å². The zero-order valence-corrected chi connectivity index (χ0v) is 10.1. The average Bonchev–Trinajstić information content (AvgIpc) is 2.40. The van der Waals surface area contributed by atoms with Gasteiger partial charge in [0.1, 0.15) is 11.0 Å². The van der Waals surface area contributed by atoms with E-state index in [-0.39, 0.29) is 0 Å². The molecular weight excluding hydrogens is 248 g/mol. The lowest BCUT2D eigenvalue weighted by Crippen LogP contribution is -1.94. The summed E-state index contributed by atoms with van der Waals surface area (Å²) in [6.07, 6.45) is 4.92. The van der Waals surface area contributed by atoms with Gasteiger partial charge in [0.15, 0.2) is 0 Å². The number of anilines is 1. The molecule has 18 heavy (non-hydrogen) atoms. The number of halogens is 1. The van der Waals surface area contributed by atoms with E-state index in [0.717, 1.165) is 11.3 Å². The molecule has 0 amide bonds. The fraction of sp³-hybridized carbons (Fsp3) is 0. The zero-order valence-electron chi connectivity index (χ0n) is 9.34. The van der Waals surface area contributed by atoms with E-state index >= 15 is 0 Å². The molecule has 0 aliphatic carbocycles. The predicted octanol–water partition coefficient (Wildman–Crippen LogP) is 2.93. The Kier molecular flexibility index (Phi) is 2.57. The van der Waals surface area contributed by atoms with Gasteiger partial charge in [-0.3, -0.25) is 9.97 Å². The van der Waals surface area contributed by atoms with Crippen molar-refractivity contribution in [2.45, 2.75) is 0 Å². The van der Waals surface area contributed by atoms with Crippen LogP contribution in [0.25, 0.3) is 22.3 Å². The topological polar surface area (TPSA) is 64.7 Å². The lowest BCUT2D eigenvalue weighted by atomic mass is 10.1. The third-order valence-corrected chi connectivity index (χ3v) is 2.88. The highest BCUT2D eigenvalue weighted by molar-refractivity contribution is 6.30. The Morgan fingerprint density at radius 2 is 1.78 bits per heavy atom. The molecule has 0 aliphatic heterocycles. The van der Waals surface area contributed by atoms with Crippen LogP contribution in [0.5, 0.6) is 0 Å². The first-order valence-corrected chi connectivity index (χ1v) is 5.74. The van der Waals surface area contributed by atoms with Crippen LogP contribution in [0.15, 0.2) is 42.9 Å². The molecule has 0 radical (unpaired) electrons. The first-order chi connectivity index (χ1) is 8.74. The first kappa shape index (κ1) is 10.9. The van der Waals surface area contributed by atoms with E-state index < -0.39 is 0 Å². The van der Waals surface area contributed by atoms with Gasteiger partial charge in [0, 0.05) is 10.6 Å². The molecule has 0 spiro atoms. The number of aromatic nitrogens is 3. The van der Waals surface area contributed by atoms with Crippen LogP contribution in [0.2, 0.25) is 5.02 Å². The number of nitrogens with two attached hydrogens (primary N) is 1. The van der Waals surface area contributed by atoms with Crippen LogP contribution in [-0.4, -0.2) is 15.0 Å². The van der Waals surface area contributed by atoms with Crippen LogP contribution in [0, 0.1) is 0 Å². The van der Waals surface area contributed by atoms with Crippen molar-refractivity contribution in [2.75, 3.05) is 5.73 Å². The predicted molar refractivity (Wildman–Crippen MR) is 72.2 cm³/mol. The molecule has 2 heterocycles. The Morgan fingerprint density at radius 3 is 2.56 bits per heavy atom. The Morgan fingerprint density at radius 1 is 1.00 bits per heavy atom. The summed E-state index contributed by atoms with van der Waals surface area (Å²) in [5.41, 5.74) is 9.43. The van der Waals surface area contributed by atoms with Gasteiger partial charge < -0.3 is 5.73 Å². The molecule has 88 valence electrons. The summed E-state index contributed by atoms with van der Waals surface area (Å²) < 4.78 is 0. The highest BCUT2D eigenvalue weighted by Gasteiger charge is 2.05. The SMILES string of the molecule is Nc1cncc2ncc(-c3ccc(Cl)cc3)nc12. The van der Waals surface area contributed by atoms with Crippen molar-refractivity contribution in [1.29, 1.82) is 0 Å². The smallest absolute Gasteiger partial charge is 0.115 e. The molecule has 1 aromatic carbocycles. The third kappa shape index (κ3) is 1.87. The van der Waals surface area contributed by atoms with Gasteiger partial charge in [0.05, 0.1) is 30.0 Å². The Balaban J connectivity index is 2.18. The second kappa shape index (κ2) is 4.23. The molecule has 3 aromatic rings. The maximum absolute atomic E-state index is 5.86. The van der Waals surface area contributed by atoms with Gasteiger partial charge in [-0.05, 0) is 12.1 Å². The maximum Gasteiger partial charge on any atom is 0.115 e. The number of hydrogen-bond donors (Lipinski definition) is 1. The molecule has 0 bridgehead atoms. The highest BCUT2D eigenvalue weighted by Crippen LogP contribution is 2.22. The van der Waals surface area contributed by atoms with Crippen molar-refractivity contribution >= 4 is 28.3 Å². The molecule has 0 saturated heterocycles. The minimum atomic E-state index is 0.524. The summed E-state index contributed by atoms with van der Waals surface area (Å²) in [7, 11) is 0. The first-order valence-electron chi connectivity index (χ1n) is 5.36. The number of fused-ring (bicyclic) bond motifs is 1. The summed E-state index contributed by atoms with van der Waals surface area (Å²) in [6.45, 7) is 0. The highest BCUT2D eigenvalue weighted by atomic mass is 35.5. The van der Waals surface area contributed by atoms with Crippen LogP contribution in [0.1, 0.15) is 0 Å². The van der Waals surface area contributed by atoms with E-state index in [1.165, 1.54) is 0 Å². The largest absolute Gasteiger partial charge is 0.396 e. The monoisotopic (exact) mass is 256 g/mol. The number of hydrogen-bond acceptors (Lipinski definition) is 4. The van der Waals surface area contributed by atoms with E-state index in [9.17, 15) is 0 Å². The number of nitrogens with zero attached hydrogens (tertiary/aromatic N) is 3. The van der Waals surface area contributed by atoms with E-state index in [2.05, 4.69) is 15.0 Å². The molecular formula is C13H9ClN4. The van der Waals surface area contributed by atoms with Gasteiger partial charge in [0.25, 0.3) is 0 Å². The summed E-state index contributed by atoms with van der Waals surface area (Å²) in [5.74, 6) is 0. The van der Waals surface area contributed by atoms with E-state index in [1.807, 2.05) is 24.3 Å². The average molecular weight is 257 g/mol. The van der Waals surface area contributed by atoms with Gasteiger partial charge in [-0.15, -0.1) is 0 Å². The van der Waals surface area contributed by atoms with Crippen molar-refractivity contribution in [3.63, 3.8) is 0 Å². The summed E-state index contributed by atoms with van der Waals surface area (Å²) in [4.78, 5) is 12.8. The second-order valence-corrected chi connectivity index (χ2v) is 4.30. The fourth-order valence-electron chi connectivity index (χ4n) is 1.71. The van der Waals surface area contributed by atoms with Crippen LogP contribution < -0.4 is 5.73 Å². The van der Waals surface area contributed by atoms with Crippen LogP contribution in [-0.2, 0) is 0 Å². The third-order valence-electron chi connectivity index (χ3n) is 2.62. The second-order valence-electron chi connectivity index (χ2n) is 3.86. The Bertz CT molecular complexity index is 710. The number of nitrogen functional groups attached to an aromatic ring is 1. The number of rotatable bonds is 1. The van der Waals surface area contributed by atoms with E-state index in [4.69, 9.17) is 17.3 Å². The molecule has 3 rings (SSSR count). The Labute approximate surface area is 108 Å². The lowest BCUT2D eigenvalue weighted by Gasteiger charge is -2.04. The Hall–Kier alpha value is -2.20. The molecule has 4 nitrogen and oxygen atoms in total. The van der Waals surface area contributed by atoms with Crippen LogP contribution >= 0.6 is 11.6 Å². The normalized spacial score (nSPS) is 10.7. The summed E-state index contributed by atoms with van der Waals surface area (Å²) in [6, 6.07) is 7.43. The van der Waals surface area contributed by atoms with Crippen molar-refractivity contribution < 1.29 is 0 Å². The van der Waals surface area contributed by atoms with Gasteiger partial charge in [0.2, 0.25) is 0 Å².